The number of halogens is 3. The van der Waals surface area contributed by atoms with E-state index < -0.39 is 23.8 Å². The molecule has 0 spiro atoms. The largest absolute Gasteiger partial charge is 0.416 e. The van der Waals surface area contributed by atoms with Crippen LogP contribution in [0.1, 0.15) is 52.2 Å². The van der Waals surface area contributed by atoms with Crippen molar-refractivity contribution >= 4 is 5.91 Å². The minimum Gasteiger partial charge on any atom is -0.387 e. The van der Waals surface area contributed by atoms with E-state index in [2.05, 4.69) is 15.3 Å². The van der Waals surface area contributed by atoms with Crippen LogP contribution in [0.25, 0.3) is 0 Å². The molecule has 1 aliphatic carbocycles. The molecule has 2 aromatic rings. The van der Waals surface area contributed by atoms with Crippen molar-refractivity contribution in [3.8, 4) is 0 Å². The Bertz CT molecular complexity index is 741. The van der Waals surface area contributed by atoms with Gasteiger partial charge in [-0.05, 0) is 30.5 Å². The summed E-state index contributed by atoms with van der Waals surface area (Å²) in [6.07, 6.45) is -0.556. The maximum atomic E-state index is 12.5. The van der Waals surface area contributed by atoms with Crippen LogP contribution in [0.4, 0.5) is 13.2 Å². The monoisotopic (exact) mass is 351 g/mol. The smallest absolute Gasteiger partial charge is 0.387 e. The van der Waals surface area contributed by atoms with E-state index >= 15 is 0 Å². The van der Waals surface area contributed by atoms with Crippen molar-refractivity contribution in [2.24, 2.45) is 0 Å². The number of benzene rings is 1. The van der Waals surface area contributed by atoms with Gasteiger partial charge in [-0.3, -0.25) is 4.79 Å². The van der Waals surface area contributed by atoms with Gasteiger partial charge >= 0.3 is 6.18 Å². The Morgan fingerprint density at radius 2 is 1.80 bits per heavy atom. The van der Waals surface area contributed by atoms with E-state index in [-0.39, 0.29) is 17.7 Å². The molecule has 1 saturated carbocycles. The number of carbonyl (C=O) groups is 1. The summed E-state index contributed by atoms with van der Waals surface area (Å²) in [4.78, 5) is 20.3. The van der Waals surface area contributed by atoms with Gasteiger partial charge in [-0.15, -0.1) is 0 Å². The average Bonchev–Trinajstić information content (AvgIpc) is 3.44. The average molecular weight is 351 g/mol. The predicted molar refractivity (Wildman–Crippen MR) is 82.7 cm³/mol. The van der Waals surface area contributed by atoms with Crippen molar-refractivity contribution in [2.45, 2.75) is 31.0 Å². The molecule has 0 unspecified atom stereocenters. The molecule has 0 radical (unpaired) electrons. The lowest BCUT2D eigenvalue weighted by molar-refractivity contribution is -0.137. The molecule has 1 heterocycles. The molecule has 8 heteroatoms. The molecule has 0 aliphatic heterocycles. The number of carbonyl (C=O) groups excluding carboxylic acids is 1. The van der Waals surface area contributed by atoms with Crippen LogP contribution < -0.4 is 5.32 Å². The van der Waals surface area contributed by atoms with Crippen LogP contribution in [0.2, 0.25) is 0 Å². The van der Waals surface area contributed by atoms with E-state index in [1.54, 1.807) is 0 Å². The first-order chi connectivity index (χ1) is 11.8. The van der Waals surface area contributed by atoms with E-state index in [1.807, 2.05) is 0 Å². The lowest BCUT2D eigenvalue weighted by Crippen LogP contribution is -2.28. The molecule has 1 aliphatic rings. The van der Waals surface area contributed by atoms with Crippen LogP contribution in [-0.2, 0) is 6.18 Å². The van der Waals surface area contributed by atoms with Crippen molar-refractivity contribution < 1.29 is 23.1 Å². The second-order valence-corrected chi connectivity index (χ2v) is 5.95. The summed E-state index contributed by atoms with van der Waals surface area (Å²) in [5.41, 5.74) is -0.238. The highest BCUT2D eigenvalue weighted by atomic mass is 19.4. The van der Waals surface area contributed by atoms with Gasteiger partial charge in [0.2, 0.25) is 0 Å². The van der Waals surface area contributed by atoms with Crippen molar-refractivity contribution in [1.29, 1.82) is 0 Å². The van der Waals surface area contributed by atoms with Gasteiger partial charge in [-0.2, -0.15) is 13.2 Å². The number of aliphatic hydroxyl groups is 1. The zero-order valence-corrected chi connectivity index (χ0v) is 13.1. The summed E-state index contributed by atoms with van der Waals surface area (Å²) >= 11 is 0. The number of aromatic nitrogens is 2. The number of nitrogens with one attached hydrogen (secondary N) is 1. The van der Waals surface area contributed by atoms with Crippen LogP contribution in [-0.4, -0.2) is 27.5 Å². The van der Waals surface area contributed by atoms with Crippen LogP contribution in [0.3, 0.4) is 0 Å². The van der Waals surface area contributed by atoms with Gasteiger partial charge in [-0.1, -0.05) is 12.1 Å². The highest BCUT2D eigenvalue weighted by Gasteiger charge is 2.30. The molecular formula is C17H16F3N3O2. The first-order valence-corrected chi connectivity index (χ1v) is 7.80. The van der Waals surface area contributed by atoms with Gasteiger partial charge in [0, 0.05) is 24.9 Å². The van der Waals surface area contributed by atoms with Crippen molar-refractivity contribution in [1.82, 2.24) is 15.3 Å². The zero-order chi connectivity index (χ0) is 18.0. The molecule has 132 valence electrons. The lowest BCUT2D eigenvalue weighted by Gasteiger charge is -2.13. The van der Waals surface area contributed by atoms with Gasteiger partial charge in [0.1, 0.15) is 5.82 Å². The summed E-state index contributed by atoms with van der Waals surface area (Å²) in [5.74, 6) is 0.660. The maximum absolute atomic E-state index is 12.5. The van der Waals surface area contributed by atoms with Crippen molar-refractivity contribution in [2.75, 3.05) is 6.54 Å². The molecule has 25 heavy (non-hydrogen) atoms. The van der Waals surface area contributed by atoms with Gasteiger partial charge < -0.3 is 10.4 Å². The first-order valence-electron chi connectivity index (χ1n) is 7.80. The van der Waals surface area contributed by atoms with E-state index in [9.17, 15) is 23.1 Å². The third-order valence-electron chi connectivity index (χ3n) is 3.96. The molecule has 1 amide bonds. The summed E-state index contributed by atoms with van der Waals surface area (Å²) in [6, 6.07) is 4.16. The summed E-state index contributed by atoms with van der Waals surface area (Å²) in [6.45, 7) is -0.130. The molecule has 0 bridgehead atoms. The third-order valence-corrected chi connectivity index (χ3v) is 3.96. The normalized spacial score (nSPS) is 15.7. The number of hydrogen-bond donors (Lipinski definition) is 2. The number of rotatable bonds is 5. The number of hydrogen-bond acceptors (Lipinski definition) is 4. The second kappa shape index (κ2) is 6.79. The Kier molecular flexibility index (Phi) is 4.71. The topological polar surface area (TPSA) is 75.1 Å². The SMILES string of the molecule is O=C(NC[C@H](O)c1ccc(C(F)(F)F)cc1)c1cnc(C2CC2)nc1. The molecule has 5 nitrogen and oxygen atoms in total. The van der Waals surface area contributed by atoms with Gasteiger partial charge in [0.25, 0.3) is 5.91 Å². The molecule has 1 atom stereocenters. The summed E-state index contributed by atoms with van der Waals surface area (Å²) in [7, 11) is 0. The van der Waals surface area contributed by atoms with Crippen LogP contribution in [0, 0.1) is 0 Å². The van der Waals surface area contributed by atoms with E-state index in [4.69, 9.17) is 0 Å². The molecular weight excluding hydrogens is 335 g/mol. The zero-order valence-electron chi connectivity index (χ0n) is 13.1. The highest BCUT2D eigenvalue weighted by molar-refractivity contribution is 5.93. The van der Waals surface area contributed by atoms with Gasteiger partial charge in [-0.25, -0.2) is 9.97 Å². The summed E-state index contributed by atoms with van der Waals surface area (Å²) < 4.78 is 37.5. The van der Waals surface area contributed by atoms with E-state index in [0.29, 0.717) is 5.92 Å². The molecule has 0 saturated heterocycles. The van der Waals surface area contributed by atoms with Gasteiger partial charge in [0.15, 0.2) is 0 Å². The number of nitrogens with zero attached hydrogens (tertiary/aromatic N) is 2. The lowest BCUT2D eigenvalue weighted by atomic mass is 10.1. The number of alkyl halides is 3. The van der Waals surface area contributed by atoms with Crippen LogP contribution >= 0.6 is 0 Å². The fraction of sp³-hybridized carbons (Fsp3) is 0.353. The van der Waals surface area contributed by atoms with Crippen LogP contribution in [0.15, 0.2) is 36.7 Å². The molecule has 2 N–H and O–H groups in total. The quantitative estimate of drug-likeness (QED) is 0.869. The molecule has 1 fully saturated rings. The molecule has 1 aromatic carbocycles. The predicted octanol–water partition coefficient (Wildman–Crippen LogP) is 2.84. The first kappa shape index (κ1) is 17.3. The van der Waals surface area contributed by atoms with Crippen molar-refractivity contribution in [3.63, 3.8) is 0 Å². The highest BCUT2D eigenvalue weighted by Crippen LogP contribution is 2.37. The third kappa shape index (κ3) is 4.33. The Balaban J connectivity index is 1.55. The maximum Gasteiger partial charge on any atom is 0.416 e. The number of aliphatic hydroxyl groups excluding tert-OH is 1. The minimum absolute atomic E-state index is 0.130. The van der Waals surface area contributed by atoms with Crippen LogP contribution in [0.5, 0.6) is 0 Å². The fourth-order valence-corrected chi connectivity index (χ4v) is 2.31. The summed E-state index contributed by atoms with van der Waals surface area (Å²) in [5, 5.41) is 12.5. The Hall–Kier alpha value is -2.48. The standard InChI is InChI=1S/C17H16F3N3O2/c18-17(19,20)13-5-3-10(4-6-13)14(24)9-23-16(25)12-7-21-15(22-8-12)11-1-2-11/h3-8,11,14,24H,1-2,9H2,(H,23,25)/t14-/m0/s1. The Morgan fingerprint density at radius 3 is 2.32 bits per heavy atom. The number of amides is 1. The second-order valence-electron chi connectivity index (χ2n) is 5.95. The molecule has 3 rings (SSSR count). The Labute approximate surface area is 141 Å². The van der Waals surface area contributed by atoms with E-state index in [0.717, 1.165) is 30.8 Å². The minimum atomic E-state index is -4.43. The fourth-order valence-electron chi connectivity index (χ4n) is 2.31. The molecule has 1 aromatic heterocycles. The van der Waals surface area contributed by atoms with Crippen molar-refractivity contribution in [3.05, 3.63) is 59.2 Å². The van der Waals surface area contributed by atoms with Gasteiger partial charge in [0.05, 0.1) is 17.2 Å². The van der Waals surface area contributed by atoms with E-state index in [1.165, 1.54) is 24.5 Å². The Morgan fingerprint density at radius 1 is 1.20 bits per heavy atom.